The molecule has 0 atom stereocenters. The lowest BCUT2D eigenvalue weighted by atomic mass is 9.90. The van der Waals surface area contributed by atoms with E-state index in [9.17, 15) is 4.79 Å². The van der Waals surface area contributed by atoms with Crippen LogP contribution in [0.4, 0.5) is 0 Å². The van der Waals surface area contributed by atoms with Crippen molar-refractivity contribution in [3.63, 3.8) is 0 Å². The first-order valence-electron chi connectivity index (χ1n) is 6.67. The van der Waals surface area contributed by atoms with Gasteiger partial charge in [0.15, 0.2) is 11.5 Å². The van der Waals surface area contributed by atoms with Gasteiger partial charge in [0.2, 0.25) is 0 Å². The van der Waals surface area contributed by atoms with Crippen molar-refractivity contribution in [1.82, 2.24) is 5.16 Å². The molecule has 7 heteroatoms. The summed E-state index contributed by atoms with van der Waals surface area (Å²) in [5.74, 6) is -0.0103. The molecule has 2 aromatic rings. The highest BCUT2D eigenvalue weighted by Crippen LogP contribution is 2.33. The first kappa shape index (κ1) is 15.1. The van der Waals surface area contributed by atoms with Crippen LogP contribution in [0, 0.1) is 5.41 Å². The standard InChI is InChI=1S/C15H14BrNO5/c1-15(6-20-7-15)8-21-12-3-2-9(4-10(12)16)13-5-11(14(18)19)17-22-13/h2-5H,6-8H2,1H3,(H,18,19). The Morgan fingerprint density at radius 2 is 2.23 bits per heavy atom. The fraction of sp³-hybridized carbons (Fsp3) is 0.333. The Bertz CT molecular complexity index is 708. The highest BCUT2D eigenvalue weighted by atomic mass is 79.9. The van der Waals surface area contributed by atoms with Crippen molar-refractivity contribution in [2.45, 2.75) is 6.92 Å². The highest BCUT2D eigenvalue weighted by molar-refractivity contribution is 9.10. The molecule has 1 aliphatic rings. The van der Waals surface area contributed by atoms with Crippen molar-refractivity contribution in [2.24, 2.45) is 5.41 Å². The fourth-order valence-electron chi connectivity index (χ4n) is 2.07. The molecule has 1 aromatic heterocycles. The Morgan fingerprint density at radius 3 is 2.77 bits per heavy atom. The Balaban J connectivity index is 1.74. The van der Waals surface area contributed by atoms with Gasteiger partial charge in [-0.15, -0.1) is 0 Å². The van der Waals surface area contributed by atoms with Gasteiger partial charge in [0.25, 0.3) is 0 Å². The van der Waals surface area contributed by atoms with E-state index in [1.807, 2.05) is 6.07 Å². The molecule has 116 valence electrons. The number of benzene rings is 1. The summed E-state index contributed by atoms with van der Waals surface area (Å²) in [6, 6.07) is 6.80. The number of ether oxygens (including phenoxy) is 2. The molecular weight excluding hydrogens is 354 g/mol. The molecule has 0 saturated carbocycles. The van der Waals surface area contributed by atoms with Gasteiger partial charge >= 0.3 is 5.97 Å². The van der Waals surface area contributed by atoms with E-state index in [1.165, 1.54) is 6.07 Å². The normalized spacial score (nSPS) is 16.1. The van der Waals surface area contributed by atoms with Gasteiger partial charge in [-0.05, 0) is 34.1 Å². The molecular formula is C15H14BrNO5. The summed E-state index contributed by atoms with van der Waals surface area (Å²) in [7, 11) is 0. The maximum absolute atomic E-state index is 10.8. The Labute approximate surface area is 135 Å². The maximum Gasteiger partial charge on any atom is 0.358 e. The molecule has 6 nitrogen and oxygen atoms in total. The molecule has 0 unspecified atom stereocenters. The van der Waals surface area contributed by atoms with Crippen LogP contribution in [-0.2, 0) is 4.74 Å². The summed E-state index contributed by atoms with van der Waals surface area (Å²) in [6.45, 7) is 4.11. The molecule has 3 rings (SSSR count). The highest BCUT2D eigenvalue weighted by Gasteiger charge is 2.34. The number of halogens is 1. The SMILES string of the molecule is CC1(COc2ccc(-c3cc(C(=O)O)no3)cc2Br)COC1. The average Bonchev–Trinajstić information content (AvgIpc) is 2.94. The van der Waals surface area contributed by atoms with Crippen LogP contribution in [0.15, 0.2) is 33.3 Å². The van der Waals surface area contributed by atoms with Crippen LogP contribution < -0.4 is 4.74 Å². The van der Waals surface area contributed by atoms with Crippen LogP contribution in [0.5, 0.6) is 5.75 Å². The number of hydrogen-bond donors (Lipinski definition) is 1. The molecule has 1 fully saturated rings. The average molecular weight is 368 g/mol. The number of carboxylic acid groups (broad SMARTS) is 1. The molecule has 0 aliphatic carbocycles. The van der Waals surface area contributed by atoms with Crippen LogP contribution in [-0.4, -0.2) is 36.1 Å². The van der Waals surface area contributed by atoms with Gasteiger partial charge in [0.1, 0.15) is 5.75 Å². The monoisotopic (exact) mass is 367 g/mol. The van der Waals surface area contributed by atoms with Gasteiger partial charge in [-0.2, -0.15) is 0 Å². The maximum atomic E-state index is 10.8. The molecule has 0 bridgehead atoms. The first-order valence-corrected chi connectivity index (χ1v) is 7.47. The third-order valence-electron chi connectivity index (χ3n) is 3.42. The van der Waals surface area contributed by atoms with Gasteiger partial charge in [0.05, 0.1) is 24.3 Å². The van der Waals surface area contributed by atoms with E-state index < -0.39 is 5.97 Å². The smallest absolute Gasteiger partial charge is 0.358 e. The van der Waals surface area contributed by atoms with E-state index in [1.54, 1.807) is 12.1 Å². The number of rotatable bonds is 5. The molecule has 1 saturated heterocycles. The van der Waals surface area contributed by atoms with E-state index in [4.69, 9.17) is 19.1 Å². The van der Waals surface area contributed by atoms with Crippen molar-refractivity contribution >= 4 is 21.9 Å². The topological polar surface area (TPSA) is 81.8 Å². The second-order valence-corrected chi connectivity index (χ2v) is 6.47. The first-order chi connectivity index (χ1) is 10.5. The molecule has 22 heavy (non-hydrogen) atoms. The minimum atomic E-state index is -1.12. The number of nitrogens with zero attached hydrogens (tertiary/aromatic N) is 1. The van der Waals surface area contributed by atoms with E-state index in [0.29, 0.717) is 25.6 Å². The lowest BCUT2D eigenvalue weighted by Crippen LogP contribution is -2.44. The zero-order valence-corrected chi connectivity index (χ0v) is 13.4. The van der Waals surface area contributed by atoms with Crippen molar-refractivity contribution in [3.8, 4) is 17.1 Å². The van der Waals surface area contributed by atoms with Crippen molar-refractivity contribution < 1.29 is 23.9 Å². The molecule has 1 aliphatic heterocycles. The fourth-order valence-corrected chi connectivity index (χ4v) is 2.56. The number of aromatic carboxylic acids is 1. The van der Waals surface area contributed by atoms with Crippen molar-refractivity contribution in [1.29, 1.82) is 0 Å². The molecule has 2 heterocycles. The second kappa shape index (κ2) is 5.73. The summed E-state index contributed by atoms with van der Waals surface area (Å²) < 4.78 is 16.8. The zero-order valence-electron chi connectivity index (χ0n) is 11.8. The van der Waals surface area contributed by atoms with E-state index in [0.717, 1.165) is 15.8 Å². The van der Waals surface area contributed by atoms with Crippen LogP contribution in [0.1, 0.15) is 17.4 Å². The molecule has 1 aromatic carbocycles. The zero-order chi connectivity index (χ0) is 15.7. The largest absolute Gasteiger partial charge is 0.492 e. The number of carboxylic acids is 1. The summed E-state index contributed by atoms with van der Waals surface area (Å²) in [5, 5.41) is 12.4. The van der Waals surface area contributed by atoms with Crippen LogP contribution in [0.2, 0.25) is 0 Å². The van der Waals surface area contributed by atoms with E-state index in [-0.39, 0.29) is 11.1 Å². The predicted molar refractivity (Wildman–Crippen MR) is 81.0 cm³/mol. The van der Waals surface area contributed by atoms with Gasteiger partial charge in [-0.25, -0.2) is 4.79 Å². The van der Waals surface area contributed by atoms with E-state index in [2.05, 4.69) is 28.0 Å². The predicted octanol–water partition coefficient (Wildman–Crippen LogP) is 3.22. The number of hydrogen-bond acceptors (Lipinski definition) is 5. The lowest BCUT2D eigenvalue weighted by Gasteiger charge is -2.37. The molecule has 0 spiro atoms. The number of aromatic nitrogens is 1. The quantitative estimate of drug-likeness (QED) is 0.873. The van der Waals surface area contributed by atoms with Crippen LogP contribution in [0.25, 0.3) is 11.3 Å². The van der Waals surface area contributed by atoms with Gasteiger partial charge in [0, 0.05) is 17.0 Å². The Kier molecular flexibility index (Phi) is 3.92. The molecule has 0 radical (unpaired) electrons. The molecule has 1 N–H and O–H groups in total. The second-order valence-electron chi connectivity index (χ2n) is 5.62. The third kappa shape index (κ3) is 3.00. The van der Waals surface area contributed by atoms with Gasteiger partial charge in [-0.1, -0.05) is 12.1 Å². The van der Waals surface area contributed by atoms with Crippen molar-refractivity contribution in [3.05, 3.63) is 34.4 Å². The summed E-state index contributed by atoms with van der Waals surface area (Å²) in [6.07, 6.45) is 0. The van der Waals surface area contributed by atoms with Crippen molar-refractivity contribution in [2.75, 3.05) is 19.8 Å². The van der Waals surface area contributed by atoms with Gasteiger partial charge < -0.3 is 19.1 Å². The summed E-state index contributed by atoms with van der Waals surface area (Å²) in [5.41, 5.74) is 0.668. The molecule has 0 amide bonds. The van der Waals surface area contributed by atoms with Gasteiger partial charge in [-0.3, -0.25) is 0 Å². The van der Waals surface area contributed by atoms with Crippen LogP contribution >= 0.6 is 15.9 Å². The minimum absolute atomic E-state index is 0.0689. The Morgan fingerprint density at radius 1 is 1.45 bits per heavy atom. The minimum Gasteiger partial charge on any atom is -0.492 e. The Hall–Kier alpha value is -1.86. The summed E-state index contributed by atoms with van der Waals surface area (Å²) >= 11 is 3.45. The lowest BCUT2D eigenvalue weighted by molar-refractivity contribution is -0.120. The van der Waals surface area contributed by atoms with Crippen LogP contribution in [0.3, 0.4) is 0 Å². The third-order valence-corrected chi connectivity index (χ3v) is 4.04. The van der Waals surface area contributed by atoms with E-state index >= 15 is 0 Å². The summed E-state index contributed by atoms with van der Waals surface area (Å²) in [4.78, 5) is 10.8. The number of carbonyl (C=O) groups is 1.